The Morgan fingerprint density at radius 2 is 1.73 bits per heavy atom. The third-order valence-corrected chi connectivity index (χ3v) is 5.79. The van der Waals surface area contributed by atoms with E-state index in [0.29, 0.717) is 11.3 Å². The predicted octanol–water partition coefficient (Wildman–Crippen LogP) is 4.75. The highest BCUT2D eigenvalue weighted by Gasteiger charge is 2.17. The molecule has 144 valence electrons. The van der Waals surface area contributed by atoms with Gasteiger partial charge in [0.2, 0.25) is 0 Å². The Morgan fingerprint density at radius 3 is 2.53 bits per heavy atom. The number of thioether (sulfide) groups is 1. The molecule has 0 saturated heterocycles. The van der Waals surface area contributed by atoms with Crippen LogP contribution < -0.4 is 0 Å². The lowest BCUT2D eigenvalue weighted by molar-refractivity contribution is 0.886. The van der Waals surface area contributed by atoms with E-state index in [1.54, 1.807) is 24.2 Å². The quantitative estimate of drug-likeness (QED) is 0.393. The van der Waals surface area contributed by atoms with Gasteiger partial charge in [-0.1, -0.05) is 36.0 Å². The SMILES string of the molecule is N#Cc1c(CSc2nnc(-c3ccncc3)n2-c2ccccc2)cn2ccccc12. The van der Waals surface area contributed by atoms with Crippen molar-refractivity contribution in [3.63, 3.8) is 0 Å². The van der Waals surface area contributed by atoms with Crippen molar-refractivity contribution < 1.29 is 0 Å². The van der Waals surface area contributed by atoms with Crippen LogP contribution in [0.2, 0.25) is 0 Å². The van der Waals surface area contributed by atoms with Gasteiger partial charge in [0.25, 0.3) is 0 Å². The first-order valence-corrected chi connectivity index (χ1v) is 10.4. The van der Waals surface area contributed by atoms with E-state index in [1.807, 2.05) is 82.0 Å². The summed E-state index contributed by atoms with van der Waals surface area (Å²) in [6, 6.07) is 22.1. The molecule has 0 saturated carbocycles. The largest absolute Gasteiger partial charge is 0.322 e. The standard InChI is InChI=1S/C23H16N6S/c24-14-20-18(15-28-13-5-4-8-21(20)28)16-30-23-27-26-22(17-9-11-25-12-10-17)29(23)19-6-2-1-3-7-19/h1-13,15H,16H2. The lowest BCUT2D eigenvalue weighted by Gasteiger charge is -2.10. The van der Waals surface area contributed by atoms with Crippen LogP contribution in [0.1, 0.15) is 11.1 Å². The molecule has 30 heavy (non-hydrogen) atoms. The van der Waals surface area contributed by atoms with Gasteiger partial charge in [0.05, 0.1) is 11.1 Å². The van der Waals surface area contributed by atoms with Crippen LogP contribution in [0.15, 0.2) is 90.6 Å². The molecule has 0 spiro atoms. The third-order valence-electron chi connectivity index (χ3n) is 4.82. The minimum Gasteiger partial charge on any atom is -0.322 e. The molecule has 4 heterocycles. The summed E-state index contributed by atoms with van der Waals surface area (Å²) in [6.45, 7) is 0. The number of pyridine rings is 2. The van der Waals surface area contributed by atoms with Gasteiger partial charge in [0.1, 0.15) is 6.07 Å². The summed E-state index contributed by atoms with van der Waals surface area (Å²) in [5.74, 6) is 1.37. The molecule has 0 atom stereocenters. The fourth-order valence-corrected chi connectivity index (χ4v) is 4.34. The summed E-state index contributed by atoms with van der Waals surface area (Å²) in [5, 5.41) is 19.4. The maximum Gasteiger partial charge on any atom is 0.196 e. The van der Waals surface area contributed by atoms with Crippen LogP contribution in [0.4, 0.5) is 0 Å². The van der Waals surface area contributed by atoms with Crippen molar-refractivity contribution in [3.05, 3.63) is 96.6 Å². The van der Waals surface area contributed by atoms with Crippen molar-refractivity contribution in [1.29, 1.82) is 5.26 Å². The summed E-state index contributed by atoms with van der Waals surface area (Å²) in [6.07, 6.45) is 7.46. The first-order chi connectivity index (χ1) is 14.8. The molecule has 5 rings (SSSR count). The maximum atomic E-state index is 9.68. The molecule has 6 nitrogen and oxygen atoms in total. The minimum absolute atomic E-state index is 0.617. The summed E-state index contributed by atoms with van der Waals surface area (Å²) in [5.41, 5.74) is 4.52. The first-order valence-electron chi connectivity index (χ1n) is 9.38. The summed E-state index contributed by atoms with van der Waals surface area (Å²) in [7, 11) is 0. The molecule has 0 aliphatic carbocycles. The van der Waals surface area contributed by atoms with E-state index >= 15 is 0 Å². The van der Waals surface area contributed by atoms with Crippen LogP contribution in [-0.4, -0.2) is 24.1 Å². The van der Waals surface area contributed by atoms with E-state index in [9.17, 15) is 5.26 Å². The molecule has 0 N–H and O–H groups in total. The molecular formula is C23H16N6S. The Balaban J connectivity index is 1.54. The fraction of sp³-hybridized carbons (Fsp3) is 0.0435. The zero-order valence-electron chi connectivity index (χ0n) is 15.9. The molecule has 0 bridgehead atoms. The highest BCUT2D eigenvalue weighted by molar-refractivity contribution is 7.98. The van der Waals surface area contributed by atoms with Gasteiger partial charge in [-0.15, -0.1) is 10.2 Å². The van der Waals surface area contributed by atoms with Crippen molar-refractivity contribution in [2.24, 2.45) is 0 Å². The number of para-hydroxylation sites is 1. The lowest BCUT2D eigenvalue weighted by atomic mass is 10.2. The molecule has 1 aromatic carbocycles. The Bertz CT molecular complexity index is 1350. The van der Waals surface area contributed by atoms with E-state index in [-0.39, 0.29) is 0 Å². The number of nitriles is 1. The average Bonchev–Trinajstić information content (AvgIpc) is 3.39. The molecule has 0 radical (unpaired) electrons. The summed E-state index contributed by atoms with van der Waals surface area (Å²) >= 11 is 1.56. The minimum atomic E-state index is 0.617. The average molecular weight is 408 g/mol. The van der Waals surface area contributed by atoms with Crippen molar-refractivity contribution in [2.45, 2.75) is 10.9 Å². The van der Waals surface area contributed by atoms with Crippen LogP contribution in [0, 0.1) is 11.3 Å². The molecule has 0 aliphatic heterocycles. The lowest BCUT2D eigenvalue weighted by Crippen LogP contribution is -1.99. The highest BCUT2D eigenvalue weighted by atomic mass is 32.2. The second-order valence-corrected chi connectivity index (χ2v) is 7.58. The van der Waals surface area contributed by atoms with Gasteiger partial charge in [-0.05, 0) is 42.0 Å². The monoisotopic (exact) mass is 408 g/mol. The van der Waals surface area contributed by atoms with Crippen molar-refractivity contribution in [1.82, 2.24) is 24.1 Å². The normalized spacial score (nSPS) is 10.9. The number of rotatable bonds is 5. The second kappa shape index (κ2) is 7.85. The molecule has 0 aliphatic rings. The van der Waals surface area contributed by atoms with Gasteiger partial charge in [-0.25, -0.2) is 0 Å². The Morgan fingerprint density at radius 1 is 0.933 bits per heavy atom. The van der Waals surface area contributed by atoms with Gasteiger partial charge >= 0.3 is 0 Å². The van der Waals surface area contributed by atoms with Gasteiger partial charge < -0.3 is 4.40 Å². The fourth-order valence-electron chi connectivity index (χ4n) is 3.42. The number of aromatic nitrogens is 5. The summed E-state index contributed by atoms with van der Waals surface area (Å²) in [4.78, 5) is 4.10. The van der Waals surface area contributed by atoms with Crippen molar-refractivity contribution in [2.75, 3.05) is 0 Å². The van der Waals surface area contributed by atoms with Crippen molar-refractivity contribution in [3.8, 4) is 23.1 Å². The molecule has 5 aromatic rings. The second-order valence-electron chi connectivity index (χ2n) is 6.64. The van der Waals surface area contributed by atoms with E-state index in [2.05, 4.69) is 21.3 Å². The molecular weight excluding hydrogens is 392 g/mol. The van der Waals surface area contributed by atoms with E-state index in [0.717, 1.165) is 33.3 Å². The Hall–Kier alpha value is -3.89. The topological polar surface area (TPSA) is 71.8 Å². The van der Waals surface area contributed by atoms with Gasteiger partial charge in [0, 0.05) is 41.8 Å². The van der Waals surface area contributed by atoms with E-state index in [4.69, 9.17) is 0 Å². The van der Waals surface area contributed by atoms with Gasteiger partial charge in [-0.3, -0.25) is 9.55 Å². The molecule has 4 aromatic heterocycles. The smallest absolute Gasteiger partial charge is 0.196 e. The number of fused-ring (bicyclic) bond motifs is 1. The van der Waals surface area contributed by atoms with Crippen LogP contribution in [0.5, 0.6) is 0 Å². The van der Waals surface area contributed by atoms with Crippen LogP contribution >= 0.6 is 11.8 Å². The Kier molecular flexibility index (Phi) is 4.75. The van der Waals surface area contributed by atoms with Crippen LogP contribution in [0.3, 0.4) is 0 Å². The molecule has 7 heteroatoms. The number of hydrogen-bond acceptors (Lipinski definition) is 5. The first kappa shape index (κ1) is 18.2. The highest BCUT2D eigenvalue weighted by Crippen LogP contribution is 2.31. The van der Waals surface area contributed by atoms with Crippen molar-refractivity contribution >= 4 is 17.3 Å². The van der Waals surface area contributed by atoms with Crippen LogP contribution in [0.25, 0.3) is 22.6 Å². The zero-order valence-corrected chi connectivity index (χ0v) is 16.7. The number of benzene rings is 1. The molecule has 0 amide bonds. The van der Waals surface area contributed by atoms with E-state index in [1.165, 1.54) is 0 Å². The summed E-state index contributed by atoms with van der Waals surface area (Å²) < 4.78 is 4.03. The van der Waals surface area contributed by atoms with Crippen LogP contribution in [-0.2, 0) is 5.75 Å². The zero-order chi connectivity index (χ0) is 20.3. The third kappa shape index (κ3) is 3.23. The number of nitrogens with zero attached hydrogens (tertiary/aromatic N) is 6. The molecule has 0 fully saturated rings. The number of hydrogen-bond donors (Lipinski definition) is 0. The van der Waals surface area contributed by atoms with Gasteiger partial charge in [-0.2, -0.15) is 5.26 Å². The van der Waals surface area contributed by atoms with E-state index < -0.39 is 0 Å². The van der Waals surface area contributed by atoms with Gasteiger partial charge in [0.15, 0.2) is 11.0 Å². The predicted molar refractivity (Wildman–Crippen MR) is 116 cm³/mol. The molecule has 0 unspecified atom stereocenters. The Labute approximate surface area is 177 Å². The maximum absolute atomic E-state index is 9.68.